The standard InChI is InChI=1S/C17H19Cl2NO2/c1-3-14(21)16-11(9-4-5-12(18)13(19)6-9)7-10-8-15(22)17(16)20(10)2/h4-6,10,15,17,22H,3,7-8H2,1-2H3/t10?,15?,17-/m0/s1. The van der Waals surface area contributed by atoms with Crippen LogP contribution in [0.3, 0.4) is 0 Å². The van der Waals surface area contributed by atoms with E-state index in [1.807, 2.05) is 26.1 Å². The third-order valence-electron chi connectivity index (χ3n) is 4.84. The minimum absolute atomic E-state index is 0.0947. The number of hydrogen-bond acceptors (Lipinski definition) is 3. The first kappa shape index (κ1) is 16.0. The van der Waals surface area contributed by atoms with Gasteiger partial charge in [-0.05, 0) is 43.2 Å². The first-order valence-corrected chi connectivity index (χ1v) is 8.31. The molecule has 1 aromatic rings. The topological polar surface area (TPSA) is 40.5 Å². The van der Waals surface area contributed by atoms with Gasteiger partial charge in [0.2, 0.25) is 0 Å². The van der Waals surface area contributed by atoms with Crippen molar-refractivity contribution in [3.8, 4) is 0 Å². The molecule has 2 heterocycles. The lowest BCUT2D eigenvalue weighted by Crippen LogP contribution is -2.43. The summed E-state index contributed by atoms with van der Waals surface area (Å²) in [6, 6.07) is 5.54. The molecule has 0 saturated carbocycles. The highest BCUT2D eigenvalue weighted by atomic mass is 35.5. The summed E-state index contributed by atoms with van der Waals surface area (Å²) >= 11 is 12.1. The minimum Gasteiger partial charge on any atom is -0.391 e. The maximum atomic E-state index is 12.5. The molecule has 2 aliphatic rings. The molecule has 0 spiro atoms. The van der Waals surface area contributed by atoms with Crippen LogP contribution in [0.2, 0.25) is 10.0 Å². The summed E-state index contributed by atoms with van der Waals surface area (Å²) in [5.41, 5.74) is 2.68. The summed E-state index contributed by atoms with van der Waals surface area (Å²) in [5, 5.41) is 11.4. The third-order valence-corrected chi connectivity index (χ3v) is 5.58. The van der Waals surface area contributed by atoms with Crippen LogP contribution in [0.25, 0.3) is 5.57 Å². The van der Waals surface area contributed by atoms with Gasteiger partial charge >= 0.3 is 0 Å². The Bertz CT molecular complexity index is 656. The van der Waals surface area contributed by atoms with Gasteiger partial charge in [0.05, 0.1) is 22.2 Å². The van der Waals surface area contributed by atoms with E-state index >= 15 is 0 Å². The molecular weight excluding hydrogens is 321 g/mol. The highest BCUT2D eigenvalue weighted by Crippen LogP contribution is 2.43. The van der Waals surface area contributed by atoms with Crippen LogP contribution >= 0.6 is 23.2 Å². The van der Waals surface area contributed by atoms with Crippen LogP contribution in [0.15, 0.2) is 23.8 Å². The van der Waals surface area contributed by atoms with Gasteiger partial charge in [0, 0.05) is 18.0 Å². The van der Waals surface area contributed by atoms with Gasteiger partial charge in [-0.1, -0.05) is 36.2 Å². The van der Waals surface area contributed by atoms with E-state index in [9.17, 15) is 9.90 Å². The molecule has 2 bridgehead atoms. The zero-order valence-electron chi connectivity index (χ0n) is 12.6. The maximum absolute atomic E-state index is 12.5. The Morgan fingerprint density at radius 1 is 1.36 bits per heavy atom. The zero-order chi connectivity index (χ0) is 16.0. The van der Waals surface area contributed by atoms with Crippen molar-refractivity contribution in [2.24, 2.45) is 0 Å². The zero-order valence-corrected chi connectivity index (χ0v) is 14.2. The largest absolute Gasteiger partial charge is 0.391 e. The van der Waals surface area contributed by atoms with E-state index in [-0.39, 0.29) is 17.9 Å². The van der Waals surface area contributed by atoms with E-state index in [1.165, 1.54) is 0 Å². The lowest BCUT2D eigenvalue weighted by Gasteiger charge is -2.35. The average Bonchev–Trinajstić information content (AvgIpc) is 2.68. The number of aliphatic hydroxyl groups excluding tert-OH is 1. The molecule has 1 fully saturated rings. The lowest BCUT2D eigenvalue weighted by atomic mass is 9.85. The molecule has 118 valence electrons. The maximum Gasteiger partial charge on any atom is 0.160 e. The Morgan fingerprint density at radius 2 is 2.09 bits per heavy atom. The first-order chi connectivity index (χ1) is 10.4. The van der Waals surface area contributed by atoms with Gasteiger partial charge in [-0.2, -0.15) is 0 Å². The van der Waals surface area contributed by atoms with Crippen LogP contribution in [0.5, 0.6) is 0 Å². The van der Waals surface area contributed by atoms with Crippen molar-refractivity contribution in [2.75, 3.05) is 7.05 Å². The number of likely N-dealkylation sites (N-methyl/N-ethyl adjacent to an activating group) is 1. The normalized spacial score (nSPS) is 28.3. The van der Waals surface area contributed by atoms with Gasteiger partial charge < -0.3 is 5.11 Å². The number of carbonyl (C=O) groups excluding carboxylic acids is 1. The SMILES string of the molecule is CCC(=O)C1=C(c2ccc(Cl)c(Cl)c2)CC2CC(O)[C@@H]1N2C. The van der Waals surface area contributed by atoms with Crippen molar-refractivity contribution < 1.29 is 9.90 Å². The molecule has 2 unspecified atom stereocenters. The summed E-state index contributed by atoms with van der Waals surface area (Å²) in [6.45, 7) is 1.86. The Balaban J connectivity index is 2.16. The van der Waals surface area contributed by atoms with E-state index in [1.54, 1.807) is 6.07 Å². The number of halogens is 2. The predicted octanol–water partition coefficient (Wildman–Crippen LogP) is 3.56. The number of Topliss-reactive ketones (excluding diaryl/α,β-unsaturated/α-hetero) is 1. The number of rotatable bonds is 3. The molecule has 1 saturated heterocycles. The molecule has 3 rings (SSSR count). The fraction of sp³-hybridized carbons (Fsp3) is 0.471. The predicted molar refractivity (Wildman–Crippen MR) is 89.3 cm³/mol. The second kappa shape index (κ2) is 5.97. The van der Waals surface area contributed by atoms with E-state index < -0.39 is 6.10 Å². The molecule has 2 aliphatic heterocycles. The van der Waals surface area contributed by atoms with Gasteiger partial charge in [0.25, 0.3) is 0 Å². The van der Waals surface area contributed by atoms with Crippen LogP contribution in [-0.2, 0) is 4.79 Å². The van der Waals surface area contributed by atoms with Crippen molar-refractivity contribution in [3.05, 3.63) is 39.4 Å². The van der Waals surface area contributed by atoms with Gasteiger partial charge in [-0.3, -0.25) is 9.69 Å². The van der Waals surface area contributed by atoms with Gasteiger partial charge in [0.1, 0.15) is 0 Å². The number of carbonyl (C=O) groups is 1. The molecule has 0 aliphatic carbocycles. The molecule has 0 amide bonds. The monoisotopic (exact) mass is 339 g/mol. The Hall–Kier alpha value is -0.870. The Kier molecular flexibility index (Phi) is 4.34. The molecule has 1 aromatic carbocycles. The minimum atomic E-state index is -0.485. The van der Waals surface area contributed by atoms with Crippen molar-refractivity contribution in [1.29, 1.82) is 0 Å². The van der Waals surface area contributed by atoms with E-state index in [4.69, 9.17) is 23.2 Å². The van der Waals surface area contributed by atoms with Crippen LogP contribution in [0.1, 0.15) is 31.7 Å². The number of benzene rings is 1. The fourth-order valence-electron chi connectivity index (χ4n) is 3.70. The number of aliphatic hydroxyl groups is 1. The molecule has 22 heavy (non-hydrogen) atoms. The number of hydrogen-bond donors (Lipinski definition) is 1. The van der Waals surface area contributed by atoms with Crippen molar-refractivity contribution in [3.63, 3.8) is 0 Å². The Morgan fingerprint density at radius 3 is 2.73 bits per heavy atom. The number of nitrogens with zero attached hydrogens (tertiary/aromatic N) is 1. The second-order valence-electron chi connectivity index (χ2n) is 6.07. The van der Waals surface area contributed by atoms with Gasteiger partial charge in [-0.25, -0.2) is 0 Å². The number of fused-ring (bicyclic) bond motifs is 2. The quantitative estimate of drug-likeness (QED) is 0.915. The van der Waals surface area contributed by atoms with E-state index in [0.717, 1.165) is 23.1 Å². The highest BCUT2D eigenvalue weighted by Gasteiger charge is 2.46. The Labute approximate surface area is 140 Å². The lowest BCUT2D eigenvalue weighted by molar-refractivity contribution is -0.116. The molecule has 3 nitrogen and oxygen atoms in total. The van der Waals surface area contributed by atoms with E-state index in [0.29, 0.717) is 22.9 Å². The van der Waals surface area contributed by atoms with Crippen LogP contribution in [0, 0.1) is 0 Å². The second-order valence-corrected chi connectivity index (χ2v) is 6.88. The fourth-order valence-corrected chi connectivity index (χ4v) is 4.00. The molecular formula is C17H19Cl2NO2. The molecule has 3 atom stereocenters. The van der Waals surface area contributed by atoms with Crippen molar-refractivity contribution in [2.45, 2.75) is 44.4 Å². The summed E-state index contributed by atoms with van der Waals surface area (Å²) in [6.07, 6.45) is 1.40. The average molecular weight is 340 g/mol. The molecule has 1 N–H and O–H groups in total. The molecule has 5 heteroatoms. The van der Waals surface area contributed by atoms with Crippen LogP contribution in [0.4, 0.5) is 0 Å². The van der Waals surface area contributed by atoms with Gasteiger partial charge in [0.15, 0.2) is 5.78 Å². The summed E-state index contributed by atoms with van der Waals surface area (Å²) in [5.74, 6) is 0.0947. The first-order valence-electron chi connectivity index (χ1n) is 7.55. The number of ketones is 1. The molecule has 0 aromatic heterocycles. The smallest absolute Gasteiger partial charge is 0.160 e. The van der Waals surface area contributed by atoms with Crippen molar-refractivity contribution >= 4 is 34.6 Å². The summed E-state index contributed by atoms with van der Waals surface area (Å²) in [4.78, 5) is 14.7. The van der Waals surface area contributed by atoms with E-state index in [2.05, 4.69) is 4.90 Å². The van der Waals surface area contributed by atoms with Crippen LogP contribution < -0.4 is 0 Å². The third kappa shape index (κ3) is 2.50. The molecule has 0 radical (unpaired) electrons. The van der Waals surface area contributed by atoms with Crippen molar-refractivity contribution in [1.82, 2.24) is 4.90 Å². The summed E-state index contributed by atoms with van der Waals surface area (Å²) in [7, 11) is 1.99. The van der Waals surface area contributed by atoms with Crippen LogP contribution in [-0.4, -0.2) is 41.0 Å². The summed E-state index contributed by atoms with van der Waals surface area (Å²) < 4.78 is 0. The van der Waals surface area contributed by atoms with Gasteiger partial charge in [-0.15, -0.1) is 0 Å². The highest BCUT2D eigenvalue weighted by molar-refractivity contribution is 6.42.